The summed E-state index contributed by atoms with van der Waals surface area (Å²) in [6.45, 7) is 8.68. The van der Waals surface area contributed by atoms with Crippen LogP contribution in [-0.2, 0) is 4.79 Å². The van der Waals surface area contributed by atoms with E-state index in [1.165, 1.54) is 0 Å². The predicted octanol–water partition coefficient (Wildman–Crippen LogP) is 4.58. The molecule has 0 saturated carbocycles. The third kappa shape index (κ3) is 3.78. The van der Waals surface area contributed by atoms with E-state index in [9.17, 15) is 13.6 Å². The molecular weight excluding hydrogens is 413 g/mol. The van der Waals surface area contributed by atoms with Crippen LogP contribution in [0, 0.1) is 30.9 Å². The van der Waals surface area contributed by atoms with E-state index in [-0.39, 0.29) is 27.1 Å². The van der Waals surface area contributed by atoms with E-state index in [2.05, 4.69) is 19.2 Å². The molecule has 1 fully saturated rings. The highest BCUT2D eigenvalue weighted by Crippen LogP contribution is 2.39. The Morgan fingerprint density at radius 3 is 2.30 bits per heavy atom. The van der Waals surface area contributed by atoms with E-state index in [0.29, 0.717) is 24.2 Å². The molecule has 2 rings (SSSR count). The minimum Gasteiger partial charge on any atom is -0.366 e. The van der Waals surface area contributed by atoms with Crippen LogP contribution < -0.4 is 10.2 Å². The number of halogens is 3. The molecule has 0 radical (unpaired) electrons. The zero-order valence-electron chi connectivity index (χ0n) is 14.0. The predicted molar refractivity (Wildman–Crippen MR) is 98.6 cm³/mol. The lowest BCUT2D eigenvalue weighted by Gasteiger charge is -2.40. The van der Waals surface area contributed by atoms with Gasteiger partial charge in [-0.3, -0.25) is 4.79 Å². The molecule has 1 N–H and O–H groups in total. The summed E-state index contributed by atoms with van der Waals surface area (Å²) >= 11 is 1.92. The SMILES string of the molecule is Cc1c(F)c(N2CCCC(C)(C)C2)c(F)c(C)c1NC(=O)CI. The van der Waals surface area contributed by atoms with E-state index >= 15 is 0 Å². The van der Waals surface area contributed by atoms with Crippen LogP contribution in [0.25, 0.3) is 0 Å². The Bertz CT molecular complexity index is 603. The number of anilines is 2. The molecule has 0 unspecified atom stereocenters. The van der Waals surface area contributed by atoms with Gasteiger partial charge < -0.3 is 10.2 Å². The molecule has 1 heterocycles. The van der Waals surface area contributed by atoms with Crippen molar-refractivity contribution in [2.45, 2.75) is 40.5 Å². The quantitative estimate of drug-likeness (QED) is 0.556. The molecule has 1 aliphatic rings. The maximum Gasteiger partial charge on any atom is 0.234 e. The fraction of sp³-hybridized carbons (Fsp3) is 0.588. The lowest BCUT2D eigenvalue weighted by molar-refractivity contribution is -0.113. The van der Waals surface area contributed by atoms with Gasteiger partial charge in [-0.05, 0) is 32.1 Å². The molecule has 1 aromatic rings. The summed E-state index contributed by atoms with van der Waals surface area (Å²) in [7, 11) is 0. The molecule has 0 aliphatic carbocycles. The first-order valence-electron chi connectivity index (χ1n) is 7.77. The molecule has 0 spiro atoms. The van der Waals surface area contributed by atoms with Gasteiger partial charge >= 0.3 is 0 Å². The number of alkyl halides is 1. The monoisotopic (exact) mass is 436 g/mol. The van der Waals surface area contributed by atoms with Gasteiger partial charge in [-0.25, -0.2) is 8.78 Å². The second kappa shape index (κ2) is 6.91. The van der Waals surface area contributed by atoms with E-state index in [1.54, 1.807) is 18.7 Å². The minimum absolute atomic E-state index is 0.0348. The Morgan fingerprint density at radius 1 is 1.26 bits per heavy atom. The van der Waals surface area contributed by atoms with Gasteiger partial charge in [-0.1, -0.05) is 36.4 Å². The molecule has 1 aromatic carbocycles. The fourth-order valence-electron chi connectivity index (χ4n) is 3.20. The molecule has 0 aromatic heterocycles. The topological polar surface area (TPSA) is 32.3 Å². The van der Waals surface area contributed by atoms with Crippen LogP contribution >= 0.6 is 22.6 Å². The summed E-state index contributed by atoms with van der Waals surface area (Å²) in [5, 5.41) is 2.61. The zero-order chi connectivity index (χ0) is 17.4. The van der Waals surface area contributed by atoms with E-state index in [0.717, 1.165) is 12.8 Å². The van der Waals surface area contributed by atoms with Gasteiger partial charge in [0.1, 0.15) is 5.69 Å². The van der Waals surface area contributed by atoms with Gasteiger partial charge in [0.15, 0.2) is 11.6 Å². The van der Waals surface area contributed by atoms with Crippen LogP contribution in [0.2, 0.25) is 0 Å². The van der Waals surface area contributed by atoms with Crippen molar-refractivity contribution in [1.29, 1.82) is 0 Å². The highest BCUT2D eigenvalue weighted by molar-refractivity contribution is 14.1. The molecule has 0 bridgehead atoms. The lowest BCUT2D eigenvalue weighted by atomic mass is 9.84. The molecule has 0 atom stereocenters. The van der Waals surface area contributed by atoms with Crippen LogP contribution in [-0.4, -0.2) is 23.4 Å². The minimum atomic E-state index is -0.574. The number of amides is 1. The van der Waals surface area contributed by atoms with Gasteiger partial charge in [0, 0.05) is 24.2 Å². The molecule has 1 aliphatic heterocycles. The summed E-state index contributed by atoms with van der Waals surface area (Å²) < 4.78 is 30.0. The largest absolute Gasteiger partial charge is 0.366 e. The van der Waals surface area contributed by atoms with Gasteiger partial charge in [-0.2, -0.15) is 0 Å². The summed E-state index contributed by atoms with van der Waals surface area (Å²) in [6.07, 6.45) is 1.96. The van der Waals surface area contributed by atoms with Gasteiger partial charge in [0.05, 0.1) is 10.1 Å². The van der Waals surface area contributed by atoms with Crippen LogP contribution in [0.5, 0.6) is 0 Å². The highest BCUT2D eigenvalue weighted by atomic mass is 127. The molecule has 1 saturated heterocycles. The lowest BCUT2D eigenvalue weighted by Crippen LogP contribution is -2.41. The average molecular weight is 436 g/mol. The third-order valence-electron chi connectivity index (χ3n) is 4.43. The van der Waals surface area contributed by atoms with E-state index in [1.807, 2.05) is 22.6 Å². The number of benzene rings is 1. The number of piperidine rings is 1. The second-order valence-corrected chi connectivity index (χ2v) is 7.74. The van der Waals surface area contributed by atoms with Crippen molar-refractivity contribution in [3.8, 4) is 0 Å². The molecule has 3 nitrogen and oxygen atoms in total. The van der Waals surface area contributed by atoms with Crippen molar-refractivity contribution in [1.82, 2.24) is 0 Å². The van der Waals surface area contributed by atoms with Crippen LogP contribution in [0.3, 0.4) is 0 Å². The van der Waals surface area contributed by atoms with Gasteiger partial charge in [-0.15, -0.1) is 0 Å². The first kappa shape index (κ1) is 18.4. The highest BCUT2D eigenvalue weighted by Gasteiger charge is 2.31. The van der Waals surface area contributed by atoms with E-state index < -0.39 is 11.6 Å². The molecule has 6 heteroatoms. The number of nitrogens with zero attached hydrogens (tertiary/aromatic N) is 1. The standard InChI is InChI=1S/C17H23F2IN2O/c1-10-13(18)16(22-7-5-6-17(3,4)9-22)14(19)11(2)15(10)21-12(23)8-20/h5-9H2,1-4H3,(H,21,23). The van der Waals surface area contributed by atoms with Gasteiger partial charge in [0.25, 0.3) is 0 Å². The Labute approximate surface area is 150 Å². The van der Waals surface area contributed by atoms with E-state index in [4.69, 9.17) is 0 Å². The number of hydrogen-bond acceptors (Lipinski definition) is 2. The van der Waals surface area contributed by atoms with Crippen molar-refractivity contribution in [2.75, 3.05) is 27.7 Å². The summed E-state index contributed by atoms with van der Waals surface area (Å²) in [5.41, 5.74) is 0.912. The van der Waals surface area contributed by atoms with Crippen molar-refractivity contribution < 1.29 is 13.6 Å². The molecule has 23 heavy (non-hydrogen) atoms. The first-order chi connectivity index (χ1) is 10.7. The van der Waals surface area contributed by atoms with Crippen molar-refractivity contribution >= 4 is 39.9 Å². The smallest absolute Gasteiger partial charge is 0.234 e. The van der Waals surface area contributed by atoms with Crippen LogP contribution in [0.15, 0.2) is 0 Å². The van der Waals surface area contributed by atoms with Crippen LogP contribution in [0.4, 0.5) is 20.2 Å². The number of carbonyl (C=O) groups excluding carboxylic acids is 1. The average Bonchev–Trinajstić information content (AvgIpc) is 2.48. The third-order valence-corrected chi connectivity index (χ3v) is 5.12. The Hall–Kier alpha value is -0.920. The fourth-order valence-corrected chi connectivity index (χ4v) is 3.40. The maximum absolute atomic E-state index is 14.9. The van der Waals surface area contributed by atoms with Crippen molar-refractivity contribution in [3.05, 3.63) is 22.8 Å². The molecular formula is C17H23F2IN2O. The maximum atomic E-state index is 14.9. The number of nitrogens with one attached hydrogen (secondary N) is 1. The Kier molecular flexibility index (Phi) is 5.53. The number of rotatable bonds is 3. The Morgan fingerprint density at radius 2 is 1.83 bits per heavy atom. The Balaban J connectivity index is 2.48. The zero-order valence-corrected chi connectivity index (χ0v) is 16.2. The van der Waals surface area contributed by atoms with Crippen molar-refractivity contribution in [2.24, 2.45) is 5.41 Å². The van der Waals surface area contributed by atoms with Crippen LogP contribution in [0.1, 0.15) is 37.8 Å². The van der Waals surface area contributed by atoms with Crippen molar-refractivity contribution in [3.63, 3.8) is 0 Å². The first-order valence-corrected chi connectivity index (χ1v) is 9.29. The summed E-state index contributed by atoms with van der Waals surface area (Å²) in [4.78, 5) is 13.4. The summed E-state index contributed by atoms with van der Waals surface area (Å²) in [6, 6.07) is 0. The molecule has 128 valence electrons. The number of carbonyl (C=O) groups is 1. The summed E-state index contributed by atoms with van der Waals surface area (Å²) in [5.74, 6) is -1.41. The number of hydrogen-bond donors (Lipinski definition) is 1. The van der Waals surface area contributed by atoms with Gasteiger partial charge in [0.2, 0.25) is 5.91 Å². The molecule has 1 amide bonds. The normalized spacial score (nSPS) is 17.3. The second-order valence-electron chi connectivity index (χ2n) is 6.97.